The fourth-order valence-corrected chi connectivity index (χ4v) is 3.18. The molecule has 6 nitrogen and oxygen atoms in total. The molecule has 2 aromatic heterocycles. The standard InChI is InChI=1S/C18H28N4O2S/c1-4-19-17(21-13-18(3,23)15-8-7-11-24-15)20-10-6-5-9-16-22-14(2)12-25-16/h7-8,11-12,23H,4-6,9-10,13H2,1-3H3,(H2,19,20,21). The van der Waals surface area contributed by atoms with Crippen LogP contribution in [0.4, 0.5) is 0 Å². The second kappa shape index (κ2) is 9.58. The summed E-state index contributed by atoms with van der Waals surface area (Å²) in [6.45, 7) is 7.58. The lowest BCUT2D eigenvalue weighted by Crippen LogP contribution is -2.39. The predicted molar refractivity (Wildman–Crippen MR) is 102 cm³/mol. The number of hydrogen-bond acceptors (Lipinski definition) is 5. The van der Waals surface area contributed by atoms with E-state index in [0.717, 1.165) is 38.0 Å². The van der Waals surface area contributed by atoms with E-state index < -0.39 is 5.60 Å². The number of hydrogen-bond donors (Lipinski definition) is 3. The molecule has 0 radical (unpaired) electrons. The zero-order valence-electron chi connectivity index (χ0n) is 15.2. The molecule has 2 heterocycles. The molecule has 25 heavy (non-hydrogen) atoms. The van der Waals surface area contributed by atoms with Crippen LogP contribution >= 0.6 is 11.3 Å². The summed E-state index contributed by atoms with van der Waals surface area (Å²) in [6, 6.07) is 3.52. The number of guanidine groups is 1. The van der Waals surface area contributed by atoms with Gasteiger partial charge in [0.2, 0.25) is 0 Å². The van der Waals surface area contributed by atoms with E-state index in [4.69, 9.17) is 4.42 Å². The van der Waals surface area contributed by atoms with Gasteiger partial charge in [-0.2, -0.15) is 0 Å². The van der Waals surface area contributed by atoms with Crippen LogP contribution in [0.1, 0.15) is 43.2 Å². The molecule has 0 spiro atoms. The molecule has 0 aliphatic rings. The summed E-state index contributed by atoms with van der Waals surface area (Å²) in [5.74, 6) is 1.23. The summed E-state index contributed by atoms with van der Waals surface area (Å²) >= 11 is 1.73. The second-order valence-corrected chi connectivity index (χ2v) is 7.16. The van der Waals surface area contributed by atoms with Crippen molar-refractivity contribution in [1.29, 1.82) is 0 Å². The molecule has 1 unspecified atom stereocenters. The van der Waals surface area contributed by atoms with Crippen LogP contribution in [0.2, 0.25) is 0 Å². The number of rotatable bonds is 9. The van der Waals surface area contributed by atoms with Gasteiger partial charge in [-0.1, -0.05) is 0 Å². The quantitative estimate of drug-likeness (QED) is 0.362. The van der Waals surface area contributed by atoms with Gasteiger partial charge in [0.1, 0.15) is 11.4 Å². The first kappa shape index (κ1) is 19.5. The Labute approximate surface area is 153 Å². The van der Waals surface area contributed by atoms with Crippen molar-refractivity contribution in [2.24, 2.45) is 4.99 Å². The van der Waals surface area contributed by atoms with E-state index >= 15 is 0 Å². The van der Waals surface area contributed by atoms with Gasteiger partial charge in [-0.3, -0.25) is 0 Å². The van der Waals surface area contributed by atoms with Crippen molar-refractivity contribution < 1.29 is 9.52 Å². The number of aliphatic imine (C=N–C) groups is 1. The molecular weight excluding hydrogens is 336 g/mol. The molecule has 1 atom stereocenters. The van der Waals surface area contributed by atoms with E-state index in [0.29, 0.717) is 11.7 Å². The van der Waals surface area contributed by atoms with E-state index in [1.165, 1.54) is 5.01 Å². The first-order chi connectivity index (χ1) is 12.0. The fourth-order valence-electron chi connectivity index (χ4n) is 2.36. The Hall–Kier alpha value is -1.86. The second-order valence-electron chi connectivity index (χ2n) is 6.21. The van der Waals surface area contributed by atoms with Gasteiger partial charge in [-0.15, -0.1) is 11.3 Å². The van der Waals surface area contributed by atoms with E-state index in [1.807, 2.05) is 13.8 Å². The molecular formula is C18H28N4O2S. The van der Waals surface area contributed by atoms with Crippen molar-refractivity contribution >= 4 is 17.3 Å². The monoisotopic (exact) mass is 364 g/mol. The van der Waals surface area contributed by atoms with Crippen molar-refractivity contribution in [3.8, 4) is 0 Å². The van der Waals surface area contributed by atoms with Gasteiger partial charge in [-0.05, 0) is 52.2 Å². The Bertz CT molecular complexity index is 650. The number of nitrogens with zero attached hydrogens (tertiary/aromatic N) is 2. The van der Waals surface area contributed by atoms with E-state index in [-0.39, 0.29) is 6.54 Å². The highest BCUT2D eigenvalue weighted by Gasteiger charge is 2.25. The van der Waals surface area contributed by atoms with Gasteiger partial charge in [0.15, 0.2) is 5.96 Å². The first-order valence-electron chi connectivity index (χ1n) is 8.71. The molecule has 138 valence electrons. The highest BCUT2D eigenvalue weighted by Crippen LogP contribution is 2.21. The number of furan rings is 1. The average Bonchev–Trinajstić information content (AvgIpc) is 3.24. The molecule has 0 amide bonds. The predicted octanol–water partition coefficient (Wildman–Crippen LogP) is 2.83. The van der Waals surface area contributed by atoms with Crippen molar-refractivity contribution in [1.82, 2.24) is 15.6 Å². The molecule has 0 saturated heterocycles. The molecule has 0 aliphatic carbocycles. The van der Waals surface area contributed by atoms with Crippen molar-refractivity contribution in [2.75, 3.05) is 19.6 Å². The Morgan fingerprint density at radius 3 is 2.88 bits per heavy atom. The molecule has 0 fully saturated rings. The lowest BCUT2D eigenvalue weighted by Gasteiger charge is -2.19. The lowest BCUT2D eigenvalue weighted by atomic mass is 10.0. The van der Waals surface area contributed by atoms with Gasteiger partial charge in [0, 0.05) is 24.2 Å². The summed E-state index contributed by atoms with van der Waals surface area (Å²) in [7, 11) is 0. The minimum atomic E-state index is -1.12. The lowest BCUT2D eigenvalue weighted by molar-refractivity contribution is 0.0437. The Morgan fingerprint density at radius 1 is 1.40 bits per heavy atom. The number of aromatic nitrogens is 1. The third-order valence-corrected chi connectivity index (χ3v) is 4.74. The largest absolute Gasteiger partial charge is 0.466 e. The fraction of sp³-hybridized carbons (Fsp3) is 0.556. The van der Waals surface area contributed by atoms with Gasteiger partial charge >= 0.3 is 0 Å². The summed E-state index contributed by atoms with van der Waals surface area (Å²) in [4.78, 5) is 8.95. The van der Waals surface area contributed by atoms with E-state index in [2.05, 4.69) is 26.0 Å². The van der Waals surface area contributed by atoms with E-state index in [1.54, 1.807) is 36.7 Å². The highest BCUT2D eigenvalue weighted by molar-refractivity contribution is 7.09. The normalized spacial score (nSPS) is 14.3. The maximum absolute atomic E-state index is 10.5. The van der Waals surface area contributed by atoms with Gasteiger partial charge in [0.05, 0.1) is 17.8 Å². The Balaban J connectivity index is 1.75. The number of aryl methyl sites for hydroxylation is 2. The molecule has 0 aliphatic heterocycles. The maximum Gasteiger partial charge on any atom is 0.191 e. The maximum atomic E-state index is 10.5. The first-order valence-corrected chi connectivity index (χ1v) is 9.59. The van der Waals surface area contributed by atoms with Gasteiger partial charge < -0.3 is 20.2 Å². The topological polar surface area (TPSA) is 82.7 Å². The minimum Gasteiger partial charge on any atom is -0.466 e. The van der Waals surface area contributed by atoms with Crippen LogP contribution in [0, 0.1) is 6.92 Å². The SMILES string of the molecule is CCNC(=NCC(C)(O)c1ccco1)NCCCCc1nc(C)cs1. The number of unbranched alkanes of at least 4 members (excludes halogenated alkanes) is 1. The molecule has 7 heteroatoms. The molecule has 2 rings (SSSR count). The zero-order valence-corrected chi connectivity index (χ0v) is 16.0. The summed E-state index contributed by atoms with van der Waals surface area (Å²) in [5, 5.41) is 20.3. The van der Waals surface area contributed by atoms with E-state index in [9.17, 15) is 5.11 Å². The van der Waals surface area contributed by atoms with Crippen LogP contribution in [0.15, 0.2) is 33.2 Å². The average molecular weight is 365 g/mol. The van der Waals surface area contributed by atoms with Crippen molar-refractivity contribution in [2.45, 2.75) is 45.6 Å². The summed E-state index contributed by atoms with van der Waals surface area (Å²) in [6.07, 6.45) is 4.70. The van der Waals surface area contributed by atoms with Crippen molar-refractivity contribution in [3.63, 3.8) is 0 Å². The van der Waals surface area contributed by atoms with Crippen LogP contribution in [0.5, 0.6) is 0 Å². The zero-order chi connectivity index (χ0) is 18.1. The van der Waals surface area contributed by atoms with Crippen molar-refractivity contribution in [3.05, 3.63) is 40.2 Å². The molecule has 0 saturated carbocycles. The smallest absolute Gasteiger partial charge is 0.191 e. The molecule has 2 aromatic rings. The Kier molecular flexibility index (Phi) is 7.46. The Morgan fingerprint density at radius 2 is 2.24 bits per heavy atom. The minimum absolute atomic E-state index is 0.230. The van der Waals surface area contributed by atoms with Crippen LogP contribution in [-0.4, -0.2) is 35.7 Å². The molecule has 3 N–H and O–H groups in total. The third-order valence-electron chi connectivity index (χ3n) is 3.72. The summed E-state index contributed by atoms with van der Waals surface area (Å²) < 4.78 is 5.28. The molecule has 0 bridgehead atoms. The third kappa shape index (κ3) is 6.51. The van der Waals surface area contributed by atoms with Crippen LogP contribution in [-0.2, 0) is 12.0 Å². The van der Waals surface area contributed by atoms with Crippen LogP contribution < -0.4 is 10.6 Å². The highest BCUT2D eigenvalue weighted by atomic mass is 32.1. The van der Waals surface area contributed by atoms with Crippen LogP contribution in [0.25, 0.3) is 0 Å². The van der Waals surface area contributed by atoms with Gasteiger partial charge in [-0.25, -0.2) is 9.98 Å². The molecule has 0 aromatic carbocycles. The number of nitrogens with one attached hydrogen (secondary N) is 2. The van der Waals surface area contributed by atoms with Crippen LogP contribution in [0.3, 0.4) is 0 Å². The van der Waals surface area contributed by atoms with Gasteiger partial charge in [0.25, 0.3) is 0 Å². The number of aliphatic hydroxyl groups is 1. The summed E-state index contributed by atoms with van der Waals surface area (Å²) in [5.41, 5.74) is -0.0162. The number of thiazole rings is 1.